The van der Waals surface area contributed by atoms with Gasteiger partial charge in [-0.3, -0.25) is 4.79 Å². The van der Waals surface area contributed by atoms with Gasteiger partial charge in [0, 0.05) is 6.42 Å². The fraction of sp³-hybridized carbons (Fsp3) is 0.167. The number of benzene rings is 4. The average Bonchev–Trinajstić information content (AvgIpc) is 2.91. The van der Waals surface area contributed by atoms with E-state index in [4.69, 9.17) is 19.9 Å². The molecular formula is C30H29NO4. The summed E-state index contributed by atoms with van der Waals surface area (Å²) in [6, 6.07) is 33.2. The van der Waals surface area contributed by atoms with Gasteiger partial charge in [0.2, 0.25) is 0 Å². The van der Waals surface area contributed by atoms with Gasteiger partial charge in [-0.2, -0.15) is 0 Å². The molecule has 0 aliphatic carbocycles. The monoisotopic (exact) mass is 467 g/mol. The molecule has 0 radical (unpaired) electrons. The highest BCUT2D eigenvalue weighted by atomic mass is 16.5. The zero-order chi connectivity index (χ0) is 24.3. The average molecular weight is 468 g/mol. The molecule has 0 heterocycles. The van der Waals surface area contributed by atoms with E-state index in [-0.39, 0.29) is 19.0 Å². The van der Waals surface area contributed by atoms with Crippen LogP contribution in [0.1, 0.15) is 28.7 Å². The topological polar surface area (TPSA) is 70.8 Å². The molecule has 4 aromatic rings. The minimum absolute atomic E-state index is 0.222. The van der Waals surface area contributed by atoms with Crippen LogP contribution < -0.4 is 15.2 Å². The molecule has 0 aliphatic rings. The molecule has 178 valence electrons. The molecule has 0 saturated carbocycles. The summed E-state index contributed by atoms with van der Waals surface area (Å²) in [5.41, 5.74) is 10.8. The molecule has 0 aromatic heterocycles. The second kappa shape index (κ2) is 12.3. The van der Waals surface area contributed by atoms with Gasteiger partial charge < -0.3 is 19.9 Å². The lowest BCUT2D eigenvalue weighted by molar-refractivity contribution is -0.144. The van der Waals surface area contributed by atoms with Gasteiger partial charge in [-0.05, 0) is 34.7 Å². The number of nitrogen functional groups attached to an aromatic ring is 1. The first-order chi connectivity index (χ1) is 17.2. The number of esters is 1. The molecule has 4 aromatic carbocycles. The molecule has 0 spiro atoms. The van der Waals surface area contributed by atoms with Gasteiger partial charge in [0.25, 0.3) is 0 Å². The number of carbonyl (C=O) groups excluding carboxylic acids is 1. The Balaban J connectivity index is 1.44. The molecule has 4 rings (SSSR count). The van der Waals surface area contributed by atoms with Crippen molar-refractivity contribution in [3.8, 4) is 11.5 Å². The predicted molar refractivity (Wildman–Crippen MR) is 137 cm³/mol. The first-order valence-corrected chi connectivity index (χ1v) is 11.6. The lowest BCUT2D eigenvalue weighted by atomic mass is 10.1. The Hall–Kier alpha value is -4.25. The summed E-state index contributed by atoms with van der Waals surface area (Å²) in [5.74, 6) is 0.780. The Kier molecular flexibility index (Phi) is 8.38. The van der Waals surface area contributed by atoms with E-state index in [2.05, 4.69) is 0 Å². The van der Waals surface area contributed by atoms with E-state index in [1.54, 1.807) is 0 Å². The summed E-state index contributed by atoms with van der Waals surface area (Å²) in [7, 11) is 0. The van der Waals surface area contributed by atoms with E-state index in [1.807, 2.05) is 103 Å². The van der Waals surface area contributed by atoms with Crippen molar-refractivity contribution < 1.29 is 19.0 Å². The molecule has 0 atom stereocenters. The Bertz CT molecular complexity index is 1210. The molecule has 5 heteroatoms. The summed E-state index contributed by atoms with van der Waals surface area (Å²) in [5, 5.41) is 0. The summed E-state index contributed by atoms with van der Waals surface area (Å²) in [4.78, 5) is 12.3. The largest absolute Gasteiger partial charge is 0.485 e. The van der Waals surface area contributed by atoms with Crippen LogP contribution in [0.15, 0.2) is 103 Å². The maximum absolute atomic E-state index is 12.3. The van der Waals surface area contributed by atoms with Gasteiger partial charge in [0.05, 0.1) is 5.69 Å². The van der Waals surface area contributed by atoms with Gasteiger partial charge in [-0.1, -0.05) is 97.1 Å². The van der Waals surface area contributed by atoms with E-state index >= 15 is 0 Å². The molecule has 0 aliphatic heterocycles. The van der Waals surface area contributed by atoms with Crippen molar-refractivity contribution in [2.24, 2.45) is 0 Å². The molecule has 0 fully saturated rings. The number of nitrogens with two attached hydrogens (primary N) is 1. The standard InChI is InChI=1S/C30H29NO4/c31-29-26(17-19-28(32)34-21-24-12-6-2-7-13-24)16-18-27(33-20-23-10-4-1-5-11-23)30(29)35-22-25-14-8-3-9-15-25/h1-16,18H,17,19-22,31H2. The highest BCUT2D eigenvalue weighted by Crippen LogP contribution is 2.38. The van der Waals surface area contributed by atoms with Crippen LogP contribution in [0.4, 0.5) is 5.69 Å². The minimum atomic E-state index is -0.274. The number of anilines is 1. The summed E-state index contributed by atoms with van der Waals surface area (Å²) >= 11 is 0. The Labute approximate surface area is 206 Å². The Morgan fingerprint density at radius 3 is 1.71 bits per heavy atom. The fourth-order valence-electron chi connectivity index (χ4n) is 3.61. The van der Waals surface area contributed by atoms with Crippen LogP contribution in [0.2, 0.25) is 0 Å². The maximum atomic E-state index is 12.3. The van der Waals surface area contributed by atoms with Gasteiger partial charge >= 0.3 is 5.97 Å². The molecule has 35 heavy (non-hydrogen) atoms. The van der Waals surface area contributed by atoms with Crippen LogP contribution in [-0.2, 0) is 35.8 Å². The molecule has 0 bridgehead atoms. The van der Waals surface area contributed by atoms with Crippen LogP contribution in [-0.4, -0.2) is 5.97 Å². The summed E-state index contributed by atoms with van der Waals surface area (Å²) < 4.78 is 17.6. The van der Waals surface area contributed by atoms with Crippen molar-refractivity contribution in [1.82, 2.24) is 0 Å². The molecular weight excluding hydrogens is 438 g/mol. The maximum Gasteiger partial charge on any atom is 0.306 e. The zero-order valence-corrected chi connectivity index (χ0v) is 19.6. The first kappa shape index (κ1) is 23.9. The van der Waals surface area contributed by atoms with Crippen molar-refractivity contribution >= 4 is 11.7 Å². The van der Waals surface area contributed by atoms with Crippen molar-refractivity contribution in [3.05, 3.63) is 125 Å². The van der Waals surface area contributed by atoms with E-state index in [1.165, 1.54) is 0 Å². The first-order valence-electron chi connectivity index (χ1n) is 11.6. The molecule has 0 saturated heterocycles. The van der Waals surface area contributed by atoms with Gasteiger partial charge in [0.1, 0.15) is 19.8 Å². The molecule has 5 nitrogen and oxygen atoms in total. The fourth-order valence-corrected chi connectivity index (χ4v) is 3.61. The highest BCUT2D eigenvalue weighted by Gasteiger charge is 2.16. The van der Waals surface area contributed by atoms with E-state index in [9.17, 15) is 4.79 Å². The van der Waals surface area contributed by atoms with Gasteiger partial charge in [0.15, 0.2) is 11.5 Å². The third kappa shape index (κ3) is 7.11. The summed E-state index contributed by atoms with van der Waals surface area (Å²) in [6.45, 7) is 1.01. The number of aryl methyl sites for hydroxylation is 1. The SMILES string of the molecule is Nc1c(CCC(=O)OCc2ccccc2)ccc(OCc2ccccc2)c1OCc1ccccc1. The smallest absolute Gasteiger partial charge is 0.306 e. The lowest BCUT2D eigenvalue weighted by Crippen LogP contribution is -2.09. The highest BCUT2D eigenvalue weighted by molar-refractivity contribution is 5.71. The Morgan fingerprint density at radius 1 is 0.629 bits per heavy atom. The molecule has 0 amide bonds. The van der Waals surface area contributed by atoms with Crippen LogP contribution in [0.3, 0.4) is 0 Å². The second-order valence-corrected chi connectivity index (χ2v) is 8.16. The second-order valence-electron chi connectivity index (χ2n) is 8.16. The summed E-state index contributed by atoms with van der Waals surface area (Å²) in [6.07, 6.45) is 0.666. The van der Waals surface area contributed by atoms with E-state index in [0.29, 0.717) is 36.8 Å². The van der Waals surface area contributed by atoms with Crippen molar-refractivity contribution in [1.29, 1.82) is 0 Å². The quantitative estimate of drug-likeness (QED) is 0.213. The van der Waals surface area contributed by atoms with Crippen LogP contribution >= 0.6 is 0 Å². The Morgan fingerprint density at radius 2 is 1.14 bits per heavy atom. The number of rotatable bonds is 11. The van der Waals surface area contributed by atoms with Crippen LogP contribution in [0.25, 0.3) is 0 Å². The third-order valence-electron chi connectivity index (χ3n) is 5.55. The number of carbonyl (C=O) groups is 1. The van der Waals surface area contributed by atoms with Crippen LogP contribution in [0, 0.1) is 0 Å². The van der Waals surface area contributed by atoms with E-state index < -0.39 is 0 Å². The normalized spacial score (nSPS) is 10.5. The van der Waals surface area contributed by atoms with Crippen molar-refractivity contribution in [2.75, 3.05) is 5.73 Å². The lowest BCUT2D eigenvalue weighted by Gasteiger charge is -2.17. The number of hydrogen-bond acceptors (Lipinski definition) is 5. The number of hydrogen-bond donors (Lipinski definition) is 1. The number of ether oxygens (including phenoxy) is 3. The molecule has 2 N–H and O–H groups in total. The predicted octanol–water partition coefficient (Wildman–Crippen LogP) is 6.10. The molecule has 0 unspecified atom stereocenters. The van der Waals surface area contributed by atoms with E-state index in [0.717, 1.165) is 22.3 Å². The van der Waals surface area contributed by atoms with Crippen LogP contribution in [0.5, 0.6) is 11.5 Å². The van der Waals surface area contributed by atoms with Gasteiger partial charge in [-0.15, -0.1) is 0 Å². The minimum Gasteiger partial charge on any atom is -0.485 e. The zero-order valence-electron chi connectivity index (χ0n) is 19.6. The van der Waals surface area contributed by atoms with Gasteiger partial charge in [-0.25, -0.2) is 0 Å². The third-order valence-corrected chi connectivity index (χ3v) is 5.55. The van der Waals surface area contributed by atoms with Crippen molar-refractivity contribution in [3.63, 3.8) is 0 Å². The van der Waals surface area contributed by atoms with Crippen molar-refractivity contribution in [2.45, 2.75) is 32.7 Å².